The van der Waals surface area contributed by atoms with Gasteiger partial charge < -0.3 is 15.2 Å². The third kappa shape index (κ3) is 3.48. The highest BCUT2D eigenvalue weighted by Crippen LogP contribution is 2.37. The van der Waals surface area contributed by atoms with E-state index in [0.29, 0.717) is 38.7 Å². The zero-order valence-corrected chi connectivity index (χ0v) is 18.5. The van der Waals surface area contributed by atoms with Gasteiger partial charge >= 0.3 is 0 Å². The highest BCUT2D eigenvalue weighted by atomic mass is 35.5. The molecule has 0 unspecified atom stereocenters. The Bertz CT molecular complexity index is 1230. The van der Waals surface area contributed by atoms with Crippen molar-refractivity contribution in [1.29, 1.82) is 0 Å². The van der Waals surface area contributed by atoms with Crippen molar-refractivity contribution in [2.45, 2.75) is 13.8 Å². The molecular formula is C21H20ClN5O2S. The topological polar surface area (TPSA) is 88.1 Å². The number of methoxy groups -OCH3 is 2. The first-order valence-electron chi connectivity index (χ1n) is 9.09. The van der Waals surface area contributed by atoms with E-state index in [2.05, 4.69) is 42.4 Å². The van der Waals surface area contributed by atoms with Crippen LogP contribution < -0.4 is 15.2 Å². The van der Waals surface area contributed by atoms with Crippen LogP contribution in [0.1, 0.15) is 11.1 Å². The summed E-state index contributed by atoms with van der Waals surface area (Å²) in [6, 6.07) is 9.65. The minimum atomic E-state index is 0.344. The van der Waals surface area contributed by atoms with E-state index in [1.165, 1.54) is 34.3 Å². The second-order valence-electron chi connectivity index (χ2n) is 6.75. The minimum Gasteiger partial charge on any atom is -0.495 e. The number of nitrogen functional groups attached to an aromatic ring is 1. The molecule has 2 N–H and O–H groups in total. The van der Waals surface area contributed by atoms with Crippen molar-refractivity contribution in [3.05, 3.63) is 51.9 Å². The summed E-state index contributed by atoms with van der Waals surface area (Å²) in [5.74, 6) is 1.35. The Morgan fingerprint density at radius 3 is 2.53 bits per heavy atom. The lowest BCUT2D eigenvalue weighted by molar-refractivity contribution is 0.392. The number of anilines is 1. The fourth-order valence-corrected chi connectivity index (χ4v) is 4.28. The molecule has 30 heavy (non-hydrogen) atoms. The Morgan fingerprint density at radius 2 is 1.83 bits per heavy atom. The smallest absolute Gasteiger partial charge is 0.165 e. The quantitative estimate of drug-likeness (QED) is 0.472. The number of hydrogen-bond acceptors (Lipinski definition) is 7. The van der Waals surface area contributed by atoms with Crippen LogP contribution in [0.5, 0.6) is 11.5 Å². The van der Waals surface area contributed by atoms with Gasteiger partial charge in [-0.05, 0) is 25.5 Å². The Hall–Kier alpha value is -3.10. The van der Waals surface area contributed by atoms with Crippen LogP contribution in [0.25, 0.3) is 27.6 Å². The van der Waals surface area contributed by atoms with Crippen LogP contribution in [-0.4, -0.2) is 34.2 Å². The molecule has 2 heterocycles. The van der Waals surface area contributed by atoms with Crippen LogP contribution in [0, 0.1) is 13.8 Å². The number of halogens is 1. The lowest BCUT2D eigenvalue weighted by Gasteiger charge is -2.12. The summed E-state index contributed by atoms with van der Waals surface area (Å²) in [5.41, 5.74) is 11.8. The van der Waals surface area contributed by atoms with Gasteiger partial charge in [0.2, 0.25) is 0 Å². The predicted molar refractivity (Wildman–Crippen MR) is 120 cm³/mol. The number of benzene rings is 2. The molecule has 4 rings (SSSR count). The molecule has 9 heteroatoms. The molecule has 2 aromatic heterocycles. The Labute approximate surface area is 183 Å². The van der Waals surface area contributed by atoms with Gasteiger partial charge in [0.15, 0.2) is 11.5 Å². The average molecular weight is 442 g/mol. The van der Waals surface area contributed by atoms with Crippen LogP contribution in [0.15, 0.2) is 35.7 Å². The molecule has 0 saturated carbocycles. The van der Waals surface area contributed by atoms with Crippen molar-refractivity contribution < 1.29 is 9.47 Å². The molecule has 0 spiro atoms. The van der Waals surface area contributed by atoms with E-state index in [1.807, 2.05) is 5.38 Å². The fraction of sp³-hybridized carbons (Fsp3) is 0.190. The van der Waals surface area contributed by atoms with Crippen molar-refractivity contribution in [2.75, 3.05) is 20.0 Å². The summed E-state index contributed by atoms with van der Waals surface area (Å²) in [4.78, 5) is 4.74. The monoisotopic (exact) mass is 441 g/mol. The van der Waals surface area contributed by atoms with Gasteiger partial charge in [0, 0.05) is 17.0 Å². The highest BCUT2D eigenvalue weighted by Gasteiger charge is 2.20. The number of aryl methyl sites for hydroxylation is 2. The van der Waals surface area contributed by atoms with Crippen molar-refractivity contribution in [1.82, 2.24) is 20.0 Å². The third-order valence-electron chi connectivity index (χ3n) is 4.75. The molecule has 0 aliphatic rings. The molecule has 154 valence electrons. The van der Waals surface area contributed by atoms with E-state index in [4.69, 9.17) is 31.8 Å². The molecule has 7 nitrogen and oxygen atoms in total. The van der Waals surface area contributed by atoms with Crippen LogP contribution in [0.3, 0.4) is 0 Å². The molecule has 0 atom stereocenters. The SMILES string of the molecule is COc1cc(OC)c(-n2nnc(-c3nc(-c4ccc(C)cc4C)cs3)c2N)cc1Cl. The summed E-state index contributed by atoms with van der Waals surface area (Å²) in [6.45, 7) is 4.15. The van der Waals surface area contributed by atoms with Crippen LogP contribution in [0.2, 0.25) is 5.02 Å². The number of thiazole rings is 1. The maximum Gasteiger partial charge on any atom is 0.165 e. The molecule has 0 bridgehead atoms. The third-order valence-corrected chi connectivity index (χ3v) is 5.90. The highest BCUT2D eigenvalue weighted by molar-refractivity contribution is 7.13. The largest absolute Gasteiger partial charge is 0.495 e. The summed E-state index contributed by atoms with van der Waals surface area (Å²) in [6.07, 6.45) is 0. The molecule has 0 saturated heterocycles. The zero-order chi connectivity index (χ0) is 21.4. The van der Waals surface area contributed by atoms with Gasteiger partial charge in [-0.15, -0.1) is 16.4 Å². The van der Waals surface area contributed by atoms with Crippen molar-refractivity contribution in [2.24, 2.45) is 0 Å². The number of ether oxygens (including phenoxy) is 2. The summed E-state index contributed by atoms with van der Waals surface area (Å²) in [5, 5.41) is 11.6. The first-order chi connectivity index (χ1) is 14.4. The number of nitrogens with zero attached hydrogens (tertiary/aromatic N) is 4. The molecule has 4 aromatic rings. The summed E-state index contributed by atoms with van der Waals surface area (Å²) >= 11 is 7.76. The standard InChI is InChI=1S/C21H20ClN5O2S/c1-11-5-6-13(12(2)7-11)15-10-30-21(24-15)19-20(23)27(26-25-19)16-8-14(22)17(28-3)9-18(16)29-4/h5-10H,23H2,1-4H3. The average Bonchev–Trinajstić information content (AvgIpc) is 3.34. The van der Waals surface area contributed by atoms with Gasteiger partial charge in [0.1, 0.15) is 22.2 Å². The predicted octanol–water partition coefficient (Wildman–Crippen LogP) is 4.93. The molecule has 0 fully saturated rings. The van der Waals surface area contributed by atoms with Gasteiger partial charge in [0.25, 0.3) is 0 Å². The van der Waals surface area contributed by atoms with Crippen LogP contribution in [0.4, 0.5) is 5.82 Å². The second-order valence-corrected chi connectivity index (χ2v) is 8.02. The summed E-state index contributed by atoms with van der Waals surface area (Å²) in [7, 11) is 3.09. The normalized spacial score (nSPS) is 11.0. The van der Waals surface area contributed by atoms with Gasteiger partial charge in [-0.2, -0.15) is 4.68 Å². The van der Waals surface area contributed by atoms with E-state index in [-0.39, 0.29) is 0 Å². The van der Waals surface area contributed by atoms with E-state index in [0.717, 1.165) is 11.3 Å². The number of rotatable bonds is 5. The molecular weight excluding hydrogens is 422 g/mol. The van der Waals surface area contributed by atoms with E-state index >= 15 is 0 Å². The fourth-order valence-electron chi connectivity index (χ4n) is 3.24. The Balaban J connectivity index is 1.75. The lowest BCUT2D eigenvalue weighted by atomic mass is 10.0. The number of aromatic nitrogens is 4. The van der Waals surface area contributed by atoms with Crippen LogP contribution in [-0.2, 0) is 0 Å². The molecule has 0 radical (unpaired) electrons. The first-order valence-corrected chi connectivity index (χ1v) is 10.3. The maximum absolute atomic E-state index is 6.38. The molecule has 0 aliphatic heterocycles. The number of nitrogens with two attached hydrogens (primary N) is 1. The zero-order valence-electron chi connectivity index (χ0n) is 16.9. The van der Waals surface area contributed by atoms with E-state index in [9.17, 15) is 0 Å². The lowest BCUT2D eigenvalue weighted by Crippen LogP contribution is -2.05. The van der Waals surface area contributed by atoms with Crippen molar-refractivity contribution >= 4 is 28.8 Å². The molecule has 0 aliphatic carbocycles. The number of hydrogen-bond donors (Lipinski definition) is 1. The van der Waals surface area contributed by atoms with E-state index in [1.54, 1.807) is 19.2 Å². The van der Waals surface area contributed by atoms with E-state index < -0.39 is 0 Å². The van der Waals surface area contributed by atoms with Gasteiger partial charge in [-0.25, -0.2) is 4.98 Å². The van der Waals surface area contributed by atoms with Gasteiger partial charge in [0.05, 0.1) is 24.9 Å². The molecule has 2 aromatic carbocycles. The van der Waals surface area contributed by atoms with Crippen molar-refractivity contribution in [3.63, 3.8) is 0 Å². The minimum absolute atomic E-state index is 0.344. The maximum atomic E-state index is 6.38. The Morgan fingerprint density at radius 1 is 1.07 bits per heavy atom. The van der Waals surface area contributed by atoms with Crippen molar-refractivity contribution in [3.8, 4) is 39.1 Å². The first kappa shape index (κ1) is 20.2. The van der Waals surface area contributed by atoms with Gasteiger partial charge in [-0.3, -0.25) is 0 Å². The second kappa shape index (κ2) is 7.97. The van der Waals surface area contributed by atoms with Gasteiger partial charge in [-0.1, -0.05) is 40.6 Å². The molecule has 0 amide bonds. The van der Waals surface area contributed by atoms with Crippen LogP contribution >= 0.6 is 22.9 Å². The summed E-state index contributed by atoms with van der Waals surface area (Å²) < 4.78 is 12.2. The Kier molecular flexibility index (Phi) is 5.36.